The van der Waals surface area contributed by atoms with Gasteiger partial charge in [-0.1, -0.05) is 12.1 Å². The topological polar surface area (TPSA) is 55.2 Å². The molecular formula is C12H12N2O2. The molecule has 1 atom stereocenters. The van der Waals surface area contributed by atoms with Crippen molar-refractivity contribution in [3.63, 3.8) is 0 Å². The summed E-state index contributed by atoms with van der Waals surface area (Å²) in [5.41, 5.74) is 1.48. The van der Waals surface area contributed by atoms with Gasteiger partial charge in [-0.3, -0.25) is 0 Å². The fourth-order valence-electron chi connectivity index (χ4n) is 1.47. The highest BCUT2D eigenvalue weighted by molar-refractivity contribution is 5.34. The van der Waals surface area contributed by atoms with E-state index in [4.69, 9.17) is 4.74 Å². The summed E-state index contributed by atoms with van der Waals surface area (Å²) in [5.74, 6) is 0.721. The molecular weight excluding hydrogens is 204 g/mol. The number of methoxy groups -OCH3 is 1. The Morgan fingerprint density at radius 2 is 2.06 bits per heavy atom. The molecule has 0 fully saturated rings. The minimum Gasteiger partial charge on any atom is -0.497 e. The van der Waals surface area contributed by atoms with Crippen molar-refractivity contribution >= 4 is 0 Å². The fraction of sp³-hybridized carbons (Fsp3) is 0.167. The lowest BCUT2D eigenvalue weighted by Crippen LogP contribution is -2.00. The van der Waals surface area contributed by atoms with Crippen molar-refractivity contribution in [2.45, 2.75) is 6.10 Å². The zero-order chi connectivity index (χ0) is 11.4. The first-order valence-electron chi connectivity index (χ1n) is 4.90. The Morgan fingerprint density at radius 3 is 2.75 bits per heavy atom. The number of rotatable bonds is 3. The van der Waals surface area contributed by atoms with Gasteiger partial charge in [-0.05, 0) is 23.8 Å². The molecule has 2 aromatic rings. The quantitative estimate of drug-likeness (QED) is 0.846. The molecule has 0 aliphatic heterocycles. The van der Waals surface area contributed by atoms with Gasteiger partial charge in [-0.2, -0.15) is 10.2 Å². The van der Waals surface area contributed by atoms with Crippen LogP contribution >= 0.6 is 0 Å². The minimum atomic E-state index is -0.703. The Kier molecular flexibility index (Phi) is 3.12. The van der Waals surface area contributed by atoms with Gasteiger partial charge in [-0.25, -0.2) is 0 Å². The van der Waals surface area contributed by atoms with Crippen LogP contribution in [0, 0.1) is 0 Å². The maximum absolute atomic E-state index is 10.1. The van der Waals surface area contributed by atoms with E-state index in [2.05, 4.69) is 10.2 Å². The summed E-state index contributed by atoms with van der Waals surface area (Å²) in [6, 6.07) is 9.04. The molecule has 0 bridgehead atoms. The summed E-state index contributed by atoms with van der Waals surface area (Å²) in [6.07, 6.45) is 2.40. The Balaban J connectivity index is 2.30. The number of benzene rings is 1. The van der Waals surface area contributed by atoms with Crippen molar-refractivity contribution in [1.82, 2.24) is 10.2 Å². The molecule has 1 heterocycles. The third kappa shape index (κ3) is 2.17. The first-order chi connectivity index (χ1) is 7.81. The highest BCUT2D eigenvalue weighted by Crippen LogP contribution is 2.23. The normalized spacial score (nSPS) is 12.1. The number of aliphatic hydroxyl groups is 1. The third-order valence-electron chi connectivity index (χ3n) is 2.33. The number of hydrogen-bond donors (Lipinski definition) is 1. The molecule has 0 aliphatic carbocycles. The molecule has 0 amide bonds. The summed E-state index contributed by atoms with van der Waals surface area (Å²) in [5, 5.41) is 17.5. The molecule has 16 heavy (non-hydrogen) atoms. The lowest BCUT2D eigenvalue weighted by Gasteiger charge is -2.11. The van der Waals surface area contributed by atoms with E-state index in [9.17, 15) is 5.11 Å². The Hall–Kier alpha value is -1.94. The van der Waals surface area contributed by atoms with Gasteiger partial charge in [0.2, 0.25) is 0 Å². The number of aliphatic hydroxyl groups excluding tert-OH is 1. The second kappa shape index (κ2) is 4.72. The molecule has 0 saturated heterocycles. The van der Waals surface area contributed by atoms with Gasteiger partial charge in [0.25, 0.3) is 0 Å². The van der Waals surface area contributed by atoms with Gasteiger partial charge < -0.3 is 9.84 Å². The predicted octanol–water partition coefficient (Wildman–Crippen LogP) is 1.57. The molecule has 4 heteroatoms. The molecule has 0 aliphatic rings. The van der Waals surface area contributed by atoms with Gasteiger partial charge >= 0.3 is 0 Å². The van der Waals surface area contributed by atoms with Crippen LogP contribution in [0.1, 0.15) is 17.2 Å². The van der Waals surface area contributed by atoms with E-state index in [1.807, 2.05) is 18.2 Å². The SMILES string of the molecule is COc1cccc(C(O)c2ccnnc2)c1. The van der Waals surface area contributed by atoms with E-state index in [0.29, 0.717) is 5.56 Å². The first-order valence-corrected chi connectivity index (χ1v) is 4.90. The molecule has 1 N–H and O–H groups in total. The molecule has 82 valence electrons. The molecule has 1 unspecified atom stereocenters. The van der Waals surface area contributed by atoms with Crippen molar-refractivity contribution in [3.8, 4) is 5.75 Å². The van der Waals surface area contributed by atoms with Crippen molar-refractivity contribution in [3.05, 3.63) is 53.9 Å². The zero-order valence-corrected chi connectivity index (χ0v) is 8.87. The van der Waals surface area contributed by atoms with E-state index >= 15 is 0 Å². The first kappa shape index (κ1) is 10.6. The summed E-state index contributed by atoms with van der Waals surface area (Å²) in [4.78, 5) is 0. The fourth-order valence-corrected chi connectivity index (χ4v) is 1.47. The molecule has 4 nitrogen and oxygen atoms in total. The van der Waals surface area contributed by atoms with Crippen molar-refractivity contribution in [2.24, 2.45) is 0 Å². The summed E-state index contributed by atoms with van der Waals surface area (Å²) >= 11 is 0. The van der Waals surface area contributed by atoms with Crippen LogP contribution in [0.4, 0.5) is 0 Å². The van der Waals surface area contributed by atoms with E-state index in [1.54, 1.807) is 31.6 Å². The van der Waals surface area contributed by atoms with Gasteiger partial charge in [0.15, 0.2) is 0 Å². The van der Waals surface area contributed by atoms with Gasteiger partial charge in [0.05, 0.1) is 13.3 Å². The Labute approximate surface area is 93.5 Å². The van der Waals surface area contributed by atoms with Gasteiger partial charge in [-0.15, -0.1) is 0 Å². The smallest absolute Gasteiger partial charge is 0.119 e. The Bertz CT molecular complexity index is 460. The van der Waals surface area contributed by atoms with E-state index in [0.717, 1.165) is 11.3 Å². The summed E-state index contributed by atoms with van der Waals surface area (Å²) in [6.45, 7) is 0. The maximum atomic E-state index is 10.1. The summed E-state index contributed by atoms with van der Waals surface area (Å²) in [7, 11) is 1.60. The van der Waals surface area contributed by atoms with Crippen molar-refractivity contribution in [1.29, 1.82) is 0 Å². The maximum Gasteiger partial charge on any atom is 0.119 e. The van der Waals surface area contributed by atoms with Gasteiger partial charge in [0.1, 0.15) is 11.9 Å². The average Bonchev–Trinajstić information content (AvgIpc) is 2.39. The average molecular weight is 216 g/mol. The van der Waals surface area contributed by atoms with Crippen molar-refractivity contribution in [2.75, 3.05) is 7.11 Å². The third-order valence-corrected chi connectivity index (χ3v) is 2.33. The van der Waals surface area contributed by atoms with Crippen LogP contribution in [0.25, 0.3) is 0 Å². The highest BCUT2D eigenvalue weighted by atomic mass is 16.5. The molecule has 1 aromatic carbocycles. The molecule has 0 spiro atoms. The second-order valence-electron chi connectivity index (χ2n) is 3.35. The number of aromatic nitrogens is 2. The lowest BCUT2D eigenvalue weighted by atomic mass is 10.0. The number of hydrogen-bond acceptors (Lipinski definition) is 4. The van der Waals surface area contributed by atoms with Crippen LogP contribution in [0.5, 0.6) is 5.75 Å². The minimum absolute atomic E-state index is 0.703. The van der Waals surface area contributed by atoms with E-state index in [-0.39, 0.29) is 0 Å². The standard InChI is InChI=1S/C12H12N2O2/c1-16-11-4-2-3-9(7-11)12(15)10-5-6-13-14-8-10/h2-8,12,15H,1H3. The number of nitrogens with zero attached hydrogens (tertiary/aromatic N) is 2. The monoisotopic (exact) mass is 216 g/mol. The van der Waals surface area contributed by atoms with Crippen LogP contribution in [0.3, 0.4) is 0 Å². The van der Waals surface area contributed by atoms with Crippen LogP contribution in [0.15, 0.2) is 42.7 Å². The van der Waals surface area contributed by atoms with Crippen LogP contribution in [-0.4, -0.2) is 22.4 Å². The lowest BCUT2D eigenvalue weighted by molar-refractivity contribution is 0.219. The largest absolute Gasteiger partial charge is 0.497 e. The van der Waals surface area contributed by atoms with Crippen LogP contribution in [-0.2, 0) is 0 Å². The molecule has 0 saturated carbocycles. The highest BCUT2D eigenvalue weighted by Gasteiger charge is 2.10. The van der Waals surface area contributed by atoms with Gasteiger partial charge in [0, 0.05) is 11.8 Å². The predicted molar refractivity (Wildman–Crippen MR) is 59.1 cm³/mol. The molecule has 2 rings (SSSR count). The molecule has 1 aromatic heterocycles. The van der Waals surface area contributed by atoms with Crippen LogP contribution in [0.2, 0.25) is 0 Å². The van der Waals surface area contributed by atoms with Crippen molar-refractivity contribution < 1.29 is 9.84 Å². The second-order valence-corrected chi connectivity index (χ2v) is 3.35. The molecule has 0 radical (unpaired) electrons. The van der Waals surface area contributed by atoms with Crippen LogP contribution < -0.4 is 4.74 Å². The van der Waals surface area contributed by atoms with E-state index in [1.165, 1.54) is 0 Å². The Morgan fingerprint density at radius 1 is 1.19 bits per heavy atom. The summed E-state index contributed by atoms with van der Waals surface area (Å²) < 4.78 is 5.10. The zero-order valence-electron chi connectivity index (χ0n) is 8.87. The number of ether oxygens (including phenoxy) is 1. The van der Waals surface area contributed by atoms with E-state index < -0.39 is 6.10 Å².